The molecule has 0 saturated carbocycles. The second kappa shape index (κ2) is 3.96. The van der Waals surface area contributed by atoms with E-state index >= 15 is 0 Å². The molecule has 14 heavy (non-hydrogen) atoms. The molecule has 0 bridgehead atoms. The van der Waals surface area contributed by atoms with E-state index in [1.54, 1.807) is 20.8 Å². The molecule has 0 heterocycles. The molecule has 1 atom stereocenters. The number of nitrogens with two attached hydrogens (primary N) is 1. The Hall–Kier alpha value is -1.10. The van der Waals surface area contributed by atoms with E-state index in [9.17, 15) is 9.59 Å². The van der Waals surface area contributed by atoms with Crippen LogP contribution in [0, 0.1) is 0 Å². The van der Waals surface area contributed by atoms with Crippen LogP contribution in [0.1, 0.15) is 34.1 Å². The van der Waals surface area contributed by atoms with Crippen molar-refractivity contribution in [1.82, 2.24) is 0 Å². The van der Waals surface area contributed by atoms with Crippen LogP contribution in [0.15, 0.2) is 0 Å². The molecule has 0 aliphatic rings. The van der Waals surface area contributed by atoms with Crippen LogP contribution in [0.25, 0.3) is 0 Å². The van der Waals surface area contributed by atoms with Crippen LogP contribution in [0.2, 0.25) is 0 Å². The van der Waals surface area contributed by atoms with E-state index in [1.807, 2.05) is 0 Å². The van der Waals surface area contributed by atoms with Gasteiger partial charge in [-0.25, -0.2) is 9.59 Å². The maximum atomic E-state index is 11.4. The standard InChI is InChI=1S/C9H17NO4/c1-5-9(10,6(11)12)7(13)14-8(2,3)4/h5,10H2,1-4H3,(H,11,12)/t9-/m1/s1. The van der Waals surface area contributed by atoms with Crippen molar-refractivity contribution in [2.45, 2.75) is 45.3 Å². The molecule has 0 rings (SSSR count). The molecule has 3 N–H and O–H groups in total. The average molecular weight is 203 g/mol. The third kappa shape index (κ3) is 2.99. The molecule has 0 saturated heterocycles. The Balaban J connectivity index is 4.73. The molecular formula is C9H17NO4. The van der Waals surface area contributed by atoms with E-state index in [0.29, 0.717) is 0 Å². The van der Waals surface area contributed by atoms with Crippen molar-refractivity contribution in [3.63, 3.8) is 0 Å². The lowest BCUT2D eigenvalue weighted by atomic mass is 9.98. The van der Waals surface area contributed by atoms with Crippen molar-refractivity contribution in [3.05, 3.63) is 0 Å². The van der Waals surface area contributed by atoms with Gasteiger partial charge < -0.3 is 15.6 Å². The average Bonchev–Trinajstić information content (AvgIpc) is 1.99. The van der Waals surface area contributed by atoms with Gasteiger partial charge in [0.25, 0.3) is 0 Å². The minimum absolute atomic E-state index is 0.00273. The van der Waals surface area contributed by atoms with Gasteiger partial charge in [-0.15, -0.1) is 0 Å². The van der Waals surface area contributed by atoms with E-state index in [2.05, 4.69) is 0 Å². The van der Waals surface area contributed by atoms with Crippen LogP contribution in [0.5, 0.6) is 0 Å². The third-order valence-electron chi connectivity index (χ3n) is 1.70. The smallest absolute Gasteiger partial charge is 0.338 e. The van der Waals surface area contributed by atoms with Gasteiger partial charge in [0, 0.05) is 0 Å². The predicted molar refractivity (Wildman–Crippen MR) is 50.7 cm³/mol. The largest absolute Gasteiger partial charge is 0.479 e. The van der Waals surface area contributed by atoms with Gasteiger partial charge >= 0.3 is 11.9 Å². The Bertz CT molecular complexity index is 244. The number of hydrogen-bond donors (Lipinski definition) is 2. The summed E-state index contributed by atoms with van der Waals surface area (Å²) in [4.78, 5) is 22.2. The number of hydrogen-bond acceptors (Lipinski definition) is 4. The number of carbonyl (C=O) groups is 2. The van der Waals surface area contributed by atoms with E-state index in [-0.39, 0.29) is 6.42 Å². The summed E-state index contributed by atoms with van der Waals surface area (Å²) in [6, 6.07) is 0. The molecule has 0 radical (unpaired) electrons. The highest BCUT2D eigenvalue weighted by Gasteiger charge is 2.43. The summed E-state index contributed by atoms with van der Waals surface area (Å²) < 4.78 is 4.91. The highest BCUT2D eigenvalue weighted by atomic mass is 16.6. The van der Waals surface area contributed by atoms with Gasteiger partial charge in [0.15, 0.2) is 0 Å². The van der Waals surface area contributed by atoms with Crippen LogP contribution in [-0.2, 0) is 14.3 Å². The number of ether oxygens (including phenoxy) is 1. The summed E-state index contributed by atoms with van der Waals surface area (Å²) in [7, 11) is 0. The minimum Gasteiger partial charge on any atom is -0.479 e. The van der Waals surface area contributed by atoms with Gasteiger partial charge in [-0.3, -0.25) is 0 Å². The molecule has 0 aromatic carbocycles. The number of carboxylic acids is 1. The lowest BCUT2D eigenvalue weighted by molar-refractivity contribution is -0.169. The second-order valence-corrected chi connectivity index (χ2v) is 4.13. The maximum absolute atomic E-state index is 11.4. The quantitative estimate of drug-likeness (QED) is 0.515. The van der Waals surface area contributed by atoms with E-state index in [4.69, 9.17) is 15.6 Å². The first-order chi connectivity index (χ1) is 6.13. The van der Waals surface area contributed by atoms with Crippen LogP contribution in [0.3, 0.4) is 0 Å². The third-order valence-corrected chi connectivity index (χ3v) is 1.70. The van der Waals surface area contributed by atoms with E-state index in [1.165, 1.54) is 6.92 Å². The summed E-state index contributed by atoms with van der Waals surface area (Å²) in [5.41, 5.74) is 2.75. The van der Waals surface area contributed by atoms with Crippen molar-refractivity contribution in [2.24, 2.45) is 5.73 Å². The van der Waals surface area contributed by atoms with Gasteiger partial charge in [0.05, 0.1) is 0 Å². The fourth-order valence-electron chi connectivity index (χ4n) is 0.752. The molecule has 0 aliphatic heterocycles. The zero-order valence-corrected chi connectivity index (χ0v) is 8.96. The van der Waals surface area contributed by atoms with Crippen molar-refractivity contribution < 1.29 is 19.4 Å². The van der Waals surface area contributed by atoms with Gasteiger partial charge in [-0.05, 0) is 27.2 Å². The lowest BCUT2D eigenvalue weighted by Gasteiger charge is -2.27. The van der Waals surface area contributed by atoms with Gasteiger partial charge in [-0.1, -0.05) is 6.92 Å². The number of carbonyl (C=O) groups excluding carboxylic acids is 1. The number of rotatable bonds is 3. The Morgan fingerprint density at radius 1 is 1.36 bits per heavy atom. The zero-order valence-electron chi connectivity index (χ0n) is 8.96. The predicted octanol–water partition coefficient (Wildman–Crippen LogP) is 0.520. The molecule has 0 unspecified atom stereocenters. The summed E-state index contributed by atoms with van der Waals surface area (Å²) in [5.74, 6) is -2.27. The first-order valence-electron chi connectivity index (χ1n) is 4.39. The summed E-state index contributed by atoms with van der Waals surface area (Å²) in [5, 5.41) is 8.77. The molecule has 0 fully saturated rings. The molecule has 0 aromatic rings. The monoisotopic (exact) mass is 203 g/mol. The first-order valence-corrected chi connectivity index (χ1v) is 4.39. The Labute approximate surface area is 83.2 Å². The molecular weight excluding hydrogens is 186 g/mol. The summed E-state index contributed by atoms with van der Waals surface area (Å²) in [6.07, 6.45) is -0.00273. The minimum atomic E-state index is -1.94. The Morgan fingerprint density at radius 2 is 1.79 bits per heavy atom. The highest BCUT2D eigenvalue weighted by molar-refractivity contribution is 6.03. The Kier molecular flexibility index (Phi) is 3.65. The number of carboxylic acid groups (broad SMARTS) is 1. The van der Waals surface area contributed by atoms with Crippen LogP contribution in [-0.4, -0.2) is 28.2 Å². The van der Waals surface area contributed by atoms with Gasteiger partial charge in [0.1, 0.15) is 5.60 Å². The topological polar surface area (TPSA) is 89.6 Å². The van der Waals surface area contributed by atoms with Crippen LogP contribution < -0.4 is 5.73 Å². The van der Waals surface area contributed by atoms with Crippen molar-refractivity contribution >= 4 is 11.9 Å². The van der Waals surface area contributed by atoms with Crippen molar-refractivity contribution in [3.8, 4) is 0 Å². The van der Waals surface area contributed by atoms with Crippen molar-refractivity contribution in [2.75, 3.05) is 0 Å². The van der Waals surface area contributed by atoms with Gasteiger partial charge in [0.2, 0.25) is 5.54 Å². The maximum Gasteiger partial charge on any atom is 0.338 e. The normalized spacial score (nSPS) is 15.8. The SMILES string of the molecule is CC[C@@](N)(C(=O)O)C(=O)OC(C)(C)C. The summed E-state index contributed by atoms with van der Waals surface area (Å²) >= 11 is 0. The highest BCUT2D eigenvalue weighted by Crippen LogP contribution is 2.15. The molecule has 0 spiro atoms. The molecule has 5 nitrogen and oxygen atoms in total. The lowest BCUT2D eigenvalue weighted by Crippen LogP contribution is -2.56. The number of esters is 1. The second-order valence-electron chi connectivity index (χ2n) is 4.13. The fourth-order valence-corrected chi connectivity index (χ4v) is 0.752. The van der Waals surface area contributed by atoms with E-state index < -0.39 is 23.1 Å². The first kappa shape index (κ1) is 12.9. The van der Waals surface area contributed by atoms with Gasteiger partial charge in [-0.2, -0.15) is 0 Å². The number of aliphatic carboxylic acids is 1. The van der Waals surface area contributed by atoms with Crippen LogP contribution in [0.4, 0.5) is 0 Å². The molecule has 0 aliphatic carbocycles. The fraction of sp³-hybridized carbons (Fsp3) is 0.778. The molecule has 0 aromatic heterocycles. The van der Waals surface area contributed by atoms with Crippen molar-refractivity contribution in [1.29, 1.82) is 0 Å². The van der Waals surface area contributed by atoms with E-state index in [0.717, 1.165) is 0 Å². The molecule has 82 valence electrons. The summed E-state index contributed by atoms with van der Waals surface area (Å²) in [6.45, 7) is 6.49. The molecule has 5 heteroatoms. The van der Waals surface area contributed by atoms with Crippen LogP contribution >= 0.6 is 0 Å². The molecule has 0 amide bonds. The zero-order chi connectivity index (χ0) is 11.6. The Morgan fingerprint density at radius 3 is 2.00 bits per heavy atom.